The monoisotopic (exact) mass is 397 g/mol. The zero-order valence-electron chi connectivity index (χ0n) is 17.2. The van der Waals surface area contributed by atoms with E-state index in [1.54, 1.807) is 17.1 Å². The van der Waals surface area contributed by atoms with Crippen molar-refractivity contribution >= 4 is 20.5 Å². The fourth-order valence-electron chi connectivity index (χ4n) is 3.20. The van der Waals surface area contributed by atoms with Gasteiger partial charge in [0.25, 0.3) is 0 Å². The van der Waals surface area contributed by atoms with Gasteiger partial charge in [0, 0.05) is 0 Å². The lowest BCUT2D eigenvalue weighted by atomic mass is 10.1. The van der Waals surface area contributed by atoms with Crippen molar-refractivity contribution in [2.75, 3.05) is 11.9 Å². The molecule has 0 bridgehead atoms. The summed E-state index contributed by atoms with van der Waals surface area (Å²) in [7, 11) is -1.92. The normalized spacial score (nSPS) is 30.3. The van der Waals surface area contributed by atoms with Crippen molar-refractivity contribution in [3.05, 3.63) is 12.5 Å². The van der Waals surface area contributed by atoms with Crippen LogP contribution < -0.4 is 5.32 Å². The highest BCUT2D eigenvalue weighted by Crippen LogP contribution is 2.45. The Morgan fingerprint density at radius 1 is 1.33 bits per heavy atom. The molecule has 0 aliphatic carbocycles. The van der Waals surface area contributed by atoms with Gasteiger partial charge in [0.1, 0.15) is 24.1 Å². The zero-order valence-corrected chi connectivity index (χ0v) is 18.2. The number of ether oxygens (including phenoxy) is 3. The Morgan fingerprint density at radius 3 is 2.63 bits per heavy atom. The van der Waals surface area contributed by atoms with Gasteiger partial charge in [-0.15, -0.1) is 0 Å². The van der Waals surface area contributed by atoms with Crippen molar-refractivity contribution in [1.29, 1.82) is 0 Å². The number of aromatic nitrogens is 2. The van der Waals surface area contributed by atoms with Gasteiger partial charge in [-0.1, -0.05) is 20.8 Å². The minimum atomic E-state index is -1.92. The van der Waals surface area contributed by atoms with Crippen LogP contribution in [0.1, 0.15) is 40.8 Å². The molecule has 27 heavy (non-hydrogen) atoms. The second-order valence-corrected chi connectivity index (χ2v) is 14.0. The van der Waals surface area contributed by atoms with Crippen molar-refractivity contribution in [2.24, 2.45) is 0 Å². The maximum atomic E-state index is 10.9. The van der Waals surface area contributed by atoms with E-state index in [1.165, 1.54) is 0 Å². The number of imidazole rings is 1. The van der Waals surface area contributed by atoms with Crippen molar-refractivity contribution < 1.29 is 23.4 Å². The molecule has 2 aliphatic rings. The van der Waals surface area contributed by atoms with Crippen molar-refractivity contribution in [3.63, 3.8) is 0 Å². The van der Waals surface area contributed by atoms with Crippen LogP contribution in [0.3, 0.4) is 0 Å². The summed E-state index contributed by atoms with van der Waals surface area (Å²) in [5, 5.41) is 2.76. The summed E-state index contributed by atoms with van der Waals surface area (Å²) in [5.74, 6) is -0.154. The average Bonchev–Trinajstić information content (AvgIpc) is 3.18. The number of hydrogen-bond acceptors (Lipinski definition) is 6. The molecular weight excluding hydrogens is 366 g/mol. The Morgan fingerprint density at radius 2 is 2.00 bits per heavy atom. The van der Waals surface area contributed by atoms with Crippen LogP contribution in [0.5, 0.6) is 0 Å². The molecule has 4 atom stereocenters. The largest absolute Gasteiger partial charge is 0.414 e. The van der Waals surface area contributed by atoms with Gasteiger partial charge in [-0.25, -0.2) is 4.98 Å². The van der Waals surface area contributed by atoms with Crippen LogP contribution in [0.25, 0.3) is 0 Å². The quantitative estimate of drug-likeness (QED) is 0.587. The van der Waals surface area contributed by atoms with E-state index in [0.29, 0.717) is 18.8 Å². The lowest BCUT2D eigenvalue weighted by Crippen LogP contribution is -2.44. The second kappa shape index (κ2) is 6.96. The lowest BCUT2D eigenvalue weighted by Gasteiger charge is -2.37. The molecule has 0 saturated carbocycles. The molecule has 1 N–H and O–H groups in total. The number of hydrogen-bond donors (Lipinski definition) is 1. The van der Waals surface area contributed by atoms with Crippen molar-refractivity contribution in [2.45, 2.75) is 83.1 Å². The average molecular weight is 398 g/mol. The van der Waals surface area contributed by atoms with Crippen LogP contribution in [0.15, 0.2) is 12.5 Å². The molecule has 0 unspecified atom stereocenters. The molecule has 0 radical (unpaired) electrons. The summed E-state index contributed by atoms with van der Waals surface area (Å²) in [6, 6.07) is 0. The van der Waals surface area contributed by atoms with Crippen LogP contribution in [0.4, 0.5) is 5.82 Å². The summed E-state index contributed by atoms with van der Waals surface area (Å²) in [6.45, 7) is 15.3. The van der Waals surface area contributed by atoms with Crippen LogP contribution in [0.2, 0.25) is 18.1 Å². The van der Waals surface area contributed by atoms with Gasteiger partial charge in [-0.05, 0) is 32.0 Å². The summed E-state index contributed by atoms with van der Waals surface area (Å²) < 4.78 is 26.7. The van der Waals surface area contributed by atoms with Gasteiger partial charge in [-0.3, -0.25) is 9.36 Å². The highest BCUT2D eigenvalue weighted by atomic mass is 28.4. The fourth-order valence-corrected chi connectivity index (χ4v) is 4.22. The summed E-state index contributed by atoms with van der Waals surface area (Å²) in [5.41, 5.74) is 0. The third kappa shape index (κ3) is 3.97. The summed E-state index contributed by atoms with van der Waals surface area (Å²) in [6.07, 6.45) is 2.55. The van der Waals surface area contributed by atoms with E-state index in [-0.39, 0.29) is 23.4 Å². The molecule has 3 rings (SSSR count). The van der Waals surface area contributed by atoms with Crippen LogP contribution in [-0.4, -0.2) is 55.0 Å². The van der Waals surface area contributed by atoms with E-state index in [2.05, 4.69) is 44.2 Å². The third-order valence-electron chi connectivity index (χ3n) is 5.69. The summed E-state index contributed by atoms with van der Waals surface area (Å²) in [4.78, 5) is 15.0. The maximum Gasteiger partial charge on any atom is 0.212 e. The van der Waals surface area contributed by atoms with E-state index < -0.39 is 20.3 Å². The molecule has 2 fully saturated rings. The van der Waals surface area contributed by atoms with E-state index in [0.717, 1.165) is 0 Å². The zero-order chi connectivity index (χ0) is 20.0. The van der Waals surface area contributed by atoms with Gasteiger partial charge in [0.2, 0.25) is 6.41 Å². The number of carbonyl (C=O) groups is 1. The molecule has 3 heterocycles. The fraction of sp³-hybridized carbons (Fsp3) is 0.778. The predicted octanol–water partition coefficient (Wildman–Crippen LogP) is 2.89. The molecule has 152 valence electrons. The first-order valence-electron chi connectivity index (χ1n) is 9.32. The maximum absolute atomic E-state index is 10.9. The topological polar surface area (TPSA) is 83.8 Å². The number of rotatable bonds is 6. The molecule has 1 aromatic rings. The highest BCUT2D eigenvalue weighted by Gasteiger charge is 2.56. The molecule has 2 saturated heterocycles. The van der Waals surface area contributed by atoms with Crippen molar-refractivity contribution in [1.82, 2.24) is 9.55 Å². The van der Waals surface area contributed by atoms with E-state index in [1.807, 2.05) is 13.8 Å². The number of amides is 1. The number of carbonyl (C=O) groups excluding carboxylic acids is 1. The third-order valence-corrected chi connectivity index (χ3v) is 10.2. The molecule has 8 nitrogen and oxygen atoms in total. The standard InChI is InChI=1S/C18H31N3O5Si/c1-17(2,3)27(6,7)23-9-12-14-15(26-18(4,5)25-14)16(24-12)21-10-19-8-13(21)20-11-22/h8,10-12,14-16H,9H2,1-7H3,(H,20,22)/t12-,14-,15-,16-/m1/s1. The minimum Gasteiger partial charge on any atom is -0.414 e. The first-order chi connectivity index (χ1) is 12.5. The van der Waals surface area contributed by atoms with Crippen molar-refractivity contribution in [3.8, 4) is 0 Å². The summed E-state index contributed by atoms with van der Waals surface area (Å²) >= 11 is 0. The molecule has 1 amide bonds. The van der Waals surface area contributed by atoms with E-state index in [9.17, 15) is 4.79 Å². The van der Waals surface area contributed by atoms with Crippen LogP contribution in [-0.2, 0) is 23.4 Å². The van der Waals surface area contributed by atoms with Gasteiger partial charge in [0.05, 0.1) is 19.1 Å². The Hall–Kier alpha value is -1.26. The Bertz CT molecular complexity index is 685. The number of fused-ring (bicyclic) bond motifs is 1. The van der Waals surface area contributed by atoms with Gasteiger partial charge in [-0.2, -0.15) is 0 Å². The highest BCUT2D eigenvalue weighted by molar-refractivity contribution is 6.74. The van der Waals surface area contributed by atoms with Crippen LogP contribution in [0, 0.1) is 0 Å². The predicted molar refractivity (Wildman–Crippen MR) is 103 cm³/mol. The molecule has 0 spiro atoms. The Balaban J connectivity index is 1.80. The van der Waals surface area contributed by atoms with Gasteiger partial charge < -0.3 is 24.0 Å². The smallest absolute Gasteiger partial charge is 0.212 e. The minimum absolute atomic E-state index is 0.113. The van der Waals surface area contributed by atoms with E-state index >= 15 is 0 Å². The molecular formula is C18H31N3O5Si. The first-order valence-corrected chi connectivity index (χ1v) is 12.2. The number of nitrogens with one attached hydrogen (secondary N) is 1. The Labute approximate surface area is 161 Å². The molecule has 9 heteroatoms. The molecule has 1 aromatic heterocycles. The first kappa shape index (κ1) is 20.5. The number of anilines is 1. The van der Waals surface area contributed by atoms with Gasteiger partial charge >= 0.3 is 0 Å². The SMILES string of the molecule is CC1(C)O[C@@H]2[C@H](O1)[C@@H](CO[Si](C)(C)C(C)(C)C)O[C@H]2n1cncc1NC=O. The lowest BCUT2D eigenvalue weighted by molar-refractivity contribution is -0.199. The molecule has 0 aromatic carbocycles. The van der Waals surface area contributed by atoms with Gasteiger partial charge in [0.15, 0.2) is 20.3 Å². The Kier molecular flexibility index (Phi) is 5.28. The molecule has 2 aliphatic heterocycles. The number of nitrogens with zero attached hydrogens (tertiary/aromatic N) is 2. The second-order valence-electron chi connectivity index (χ2n) is 9.15. The van der Waals surface area contributed by atoms with Crippen LogP contribution >= 0.6 is 0 Å². The van der Waals surface area contributed by atoms with E-state index in [4.69, 9.17) is 18.6 Å².